The van der Waals surface area contributed by atoms with E-state index >= 15 is 0 Å². The summed E-state index contributed by atoms with van der Waals surface area (Å²) in [4.78, 5) is 2.67. The van der Waals surface area contributed by atoms with Gasteiger partial charge in [-0.15, -0.1) is 0 Å². The highest BCUT2D eigenvalue weighted by Gasteiger charge is 2.23. The topological polar surface area (TPSA) is 24.5 Å². The van der Waals surface area contributed by atoms with Crippen LogP contribution in [-0.2, 0) is 4.74 Å². The molecule has 0 aromatic carbocycles. The van der Waals surface area contributed by atoms with Gasteiger partial charge in [0.25, 0.3) is 0 Å². The maximum atomic E-state index is 5.81. The average molecular weight is 226 g/mol. The number of nitrogens with one attached hydrogen (secondary N) is 1. The van der Waals surface area contributed by atoms with Gasteiger partial charge in [0.1, 0.15) is 0 Å². The van der Waals surface area contributed by atoms with E-state index in [-0.39, 0.29) is 0 Å². The molecular weight excluding hydrogens is 200 g/mol. The quantitative estimate of drug-likeness (QED) is 0.791. The predicted octanol–water partition coefficient (Wildman–Crippen LogP) is 1.63. The Morgan fingerprint density at radius 2 is 2.25 bits per heavy atom. The number of nitrogens with zero attached hydrogens (tertiary/aromatic N) is 1. The van der Waals surface area contributed by atoms with Crippen molar-refractivity contribution >= 4 is 0 Å². The van der Waals surface area contributed by atoms with Gasteiger partial charge in [0.2, 0.25) is 0 Å². The lowest BCUT2D eigenvalue weighted by molar-refractivity contribution is -0.00307. The summed E-state index contributed by atoms with van der Waals surface area (Å²) in [6.07, 6.45) is 7.30. The smallest absolute Gasteiger partial charge is 0.0826 e. The summed E-state index contributed by atoms with van der Waals surface area (Å²) in [7, 11) is 0. The predicted molar refractivity (Wildman–Crippen MR) is 66.7 cm³/mol. The Labute approximate surface area is 99.5 Å². The van der Waals surface area contributed by atoms with E-state index in [1.807, 2.05) is 0 Å². The second-order valence-electron chi connectivity index (χ2n) is 5.10. The maximum absolute atomic E-state index is 5.81. The molecule has 2 heterocycles. The van der Waals surface area contributed by atoms with E-state index in [9.17, 15) is 0 Å². The Bertz CT molecular complexity index is 192. The van der Waals surface area contributed by atoms with E-state index < -0.39 is 0 Å². The molecule has 2 atom stereocenters. The number of rotatable bonds is 3. The van der Waals surface area contributed by atoms with Crippen molar-refractivity contribution in [2.75, 3.05) is 32.8 Å². The van der Waals surface area contributed by atoms with Crippen molar-refractivity contribution in [3.8, 4) is 0 Å². The van der Waals surface area contributed by atoms with Gasteiger partial charge in [0, 0.05) is 25.7 Å². The van der Waals surface area contributed by atoms with Crippen LogP contribution in [0.1, 0.15) is 39.0 Å². The minimum Gasteiger partial charge on any atom is -0.374 e. The van der Waals surface area contributed by atoms with E-state index in [1.165, 1.54) is 38.6 Å². The molecule has 0 aromatic rings. The van der Waals surface area contributed by atoms with Crippen molar-refractivity contribution in [3.63, 3.8) is 0 Å². The van der Waals surface area contributed by atoms with Crippen molar-refractivity contribution in [2.24, 2.45) is 0 Å². The molecular formula is C13H26N2O. The first-order valence-corrected chi connectivity index (χ1v) is 6.96. The molecule has 2 rings (SSSR count). The van der Waals surface area contributed by atoms with Gasteiger partial charge in [0.05, 0.1) is 12.7 Å². The van der Waals surface area contributed by atoms with Crippen LogP contribution in [0.15, 0.2) is 0 Å². The van der Waals surface area contributed by atoms with Crippen LogP contribution in [0.25, 0.3) is 0 Å². The molecule has 2 saturated heterocycles. The molecule has 2 unspecified atom stereocenters. The second-order valence-corrected chi connectivity index (χ2v) is 5.10. The number of likely N-dealkylation sites (tertiary alicyclic amines) is 1. The standard InChI is InChI=1S/C13H26N2O/c1-2-12-6-4-3-5-8-15(12)11-13-10-14-7-9-16-13/h12-14H,2-11H2,1H3. The Morgan fingerprint density at radius 1 is 1.31 bits per heavy atom. The number of morpholine rings is 1. The van der Waals surface area contributed by atoms with Crippen LogP contribution in [0.3, 0.4) is 0 Å². The van der Waals surface area contributed by atoms with Crippen LogP contribution < -0.4 is 5.32 Å². The van der Waals surface area contributed by atoms with Crippen LogP contribution in [0.2, 0.25) is 0 Å². The fourth-order valence-electron chi connectivity index (χ4n) is 2.94. The van der Waals surface area contributed by atoms with Gasteiger partial charge in [-0.1, -0.05) is 19.8 Å². The minimum absolute atomic E-state index is 0.417. The van der Waals surface area contributed by atoms with Gasteiger partial charge in [-0.25, -0.2) is 0 Å². The number of ether oxygens (including phenoxy) is 1. The molecule has 3 heteroatoms. The fraction of sp³-hybridized carbons (Fsp3) is 1.00. The van der Waals surface area contributed by atoms with Crippen molar-refractivity contribution in [1.82, 2.24) is 10.2 Å². The van der Waals surface area contributed by atoms with Crippen LogP contribution in [0, 0.1) is 0 Å². The van der Waals surface area contributed by atoms with Gasteiger partial charge in [0.15, 0.2) is 0 Å². The molecule has 0 bridgehead atoms. The first kappa shape index (κ1) is 12.3. The monoisotopic (exact) mass is 226 g/mol. The highest BCUT2D eigenvalue weighted by Crippen LogP contribution is 2.19. The lowest BCUT2D eigenvalue weighted by Gasteiger charge is -2.34. The summed E-state index contributed by atoms with van der Waals surface area (Å²) < 4.78 is 5.81. The zero-order valence-electron chi connectivity index (χ0n) is 10.6. The third kappa shape index (κ3) is 3.44. The Balaban J connectivity index is 1.83. The van der Waals surface area contributed by atoms with Gasteiger partial charge in [-0.2, -0.15) is 0 Å². The van der Waals surface area contributed by atoms with Crippen molar-refractivity contribution < 1.29 is 4.74 Å². The third-order valence-electron chi connectivity index (χ3n) is 3.91. The first-order valence-electron chi connectivity index (χ1n) is 6.96. The zero-order chi connectivity index (χ0) is 11.2. The summed E-state index contributed by atoms with van der Waals surface area (Å²) >= 11 is 0. The lowest BCUT2D eigenvalue weighted by atomic mass is 10.1. The van der Waals surface area contributed by atoms with Gasteiger partial charge in [-0.3, -0.25) is 4.90 Å². The van der Waals surface area contributed by atoms with Gasteiger partial charge in [-0.05, 0) is 25.8 Å². The van der Waals surface area contributed by atoms with Gasteiger partial charge < -0.3 is 10.1 Å². The molecule has 0 radical (unpaired) electrons. The highest BCUT2D eigenvalue weighted by atomic mass is 16.5. The number of hydrogen-bond donors (Lipinski definition) is 1. The van der Waals surface area contributed by atoms with Crippen molar-refractivity contribution in [3.05, 3.63) is 0 Å². The van der Waals surface area contributed by atoms with E-state index in [4.69, 9.17) is 4.74 Å². The molecule has 16 heavy (non-hydrogen) atoms. The minimum atomic E-state index is 0.417. The van der Waals surface area contributed by atoms with Crippen LogP contribution in [0.4, 0.5) is 0 Å². The molecule has 0 saturated carbocycles. The Kier molecular flexibility index (Phi) is 5.07. The molecule has 0 aliphatic carbocycles. The Hall–Kier alpha value is -0.120. The number of hydrogen-bond acceptors (Lipinski definition) is 3. The molecule has 0 aromatic heterocycles. The van der Waals surface area contributed by atoms with Crippen LogP contribution in [-0.4, -0.2) is 49.8 Å². The van der Waals surface area contributed by atoms with Crippen LogP contribution in [0.5, 0.6) is 0 Å². The highest BCUT2D eigenvalue weighted by molar-refractivity contribution is 4.79. The molecule has 2 fully saturated rings. The fourth-order valence-corrected chi connectivity index (χ4v) is 2.94. The second kappa shape index (κ2) is 6.58. The van der Waals surface area contributed by atoms with E-state index in [1.54, 1.807) is 0 Å². The SMILES string of the molecule is CCC1CCCCCN1CC1CNCCO1. The van der Waals surface area contributed by atoms with Crippen LogP contribution >= 0.6 is 0 Å². The summed E-state index contributed by atoms with van der Waals surface area (Å²) in [5.74, 6) is 0. The first-order chi connectivity index (χ1) is 7.90. The summed E-state index contributed by atoms with van der Waals surface area (Å²) in [5, 5.41) is 3.42. The molecule has 0 spiro atoms. The zero-order valence-corrected chi connectivity index (χ0v) is 10.6. The molecule has 2 aliphatic heterocycles. The van der Waals surface area contributed by atoms with E-state index in [2.05, 4.69) is 17.1 Å². The summed E-state index contributed by atoms with van der Waals surface area (Å²) in [6, 6.07) is 0.799. The average Bonchev–Trinajstić information content (AvgIpc) is 2.55. The summed E-state index contributed by atoms with van der Waals surface area (Å²) in [6.45, 7) is 7.67. The molecule has 3 nitrogen and oxygen atoms in total. The van der Waals surface area contributed by atoms with Gasteiger partial charge >= 0.3 is 0 Å². The molecule has 0 amide bonds. The van der Waals surface area contributed by atoms with E-state index in [0.717, 1.165) is 32.3 Å². The largest absolute Gasteiger partial charge is 0.374 e. The summed E-state index contributed by atoms with van der Waals surface area (Å²) in [5.41, 5.74) is 0. The van der Waals surface area contributed by atoms with Crippen molar-refractivity contribution in [1.29, 1.82) is 0 Å². The molecule has 2 aliphatic rings. The Morgan fingerprint density at radius 3 is 3.00 bits per heavy atom. The lowest BCUT2D eigenvalue weighted by Crippen LogP contribution is -2.47. The maximum Gasteiger partial charge on any atom is 0.0826 e. The molecule has 94 valence electrons. The molecule has 1 N–H and O–H groups in total. The van der Waals surface area contributed by atoms with Crippen molar-refractivity contribution in [2.45, 2.75) is 51.2 Å². The third-order valence-corrected chi connectivity index (χ3v) is 3.91. The normalized spacial score (nSPS) is 33.6. The van der Waals surface area contributed by atoms with E-state index in [0.29, 0.717) is 6.10 Å².